The predicted octanol–water partition coefficient (Wildman–Crippen LogP) is -0.663. The third-order valence-electron chi connectivity index (χ3n) is 1.79. The molecule has 0 aromatic rings. The van der Waals surface area contributed by atoms with Crippen molar-refractivity contribution in [3.05, 3.63) is 0 Å². The van der Waals surface area contributed by atoms with Crippen molar-refractivity contribution >= 4 is 28.9 Å². The van der Waals surface area contributed by atoms with Gasteiger partial charge in [-0.15, -0.1) is 0 Å². The number of carbonyl (C=O) groups is 1. The van der Waals surface area contributed by atoms with E-state index in [4.69, 9.17) is 4.55 Å². The van der Waals surface area contributed by atoms with Gasteiger partial charge in [-0.3, -0.25) is 9.35 Å². The zero-order chi connectivity index (χ0) is 10.8. The normalized spacial score (nSPS) is 23.1. The molecule has 6 nitrogen and oxygen atoms in total. The lowest BCUT2D eigenvalue weighted by Gasteiger charge is -2.14. The summed E-state index contributed by atoms with van der Waals surface area (Å²) >= 11 is 4.12. The Bertz CT molecular complexity index is 314. The van der Waals surface area contributed by atoms with Crippen molar-refractivity contribution in [2.45, 2.75) is 11.7 Å². The lowest BCUT2D eigenvalue weighted by Crippen LogP contribution is -2.29. The summed E-state index contributed by atoms with van der Waals surface area (Å²) in [5.74, 6) is -0.0797. The van der Waals surface area contributed by atoms with Gasteiger partial charge in [0.1, 0.15) is 0 Å². The fourth-order valence-corrected chi connectivity index (χ4v) is 1.86. The standard InChI is InChI=1S/C6H11NO5S2/c8-6-3-5(13)4-7(6)1-2-12-14(9,10)11/h5,13H,1-4H2,(H,9,10,11). The van der Waals surface area contributed by atoms with Gasteiger partial charge in [-0.1, -0.05) is 0 Å². The number of hydrogen-bond acceptors (Lipinski definition) is 5. The highest BCUT2D eigenvalue weighted by Crippen LogP contribution is 2.15. The maximum Gasteiger partial charge on any atom is 0.397 e. The van der Waals surface area contributed by atoms with Crippen molar-refractivity contribution in [3.63, 3.8) is 0 Å². The Balaban J connectivity index is 2.29. The average molecular weight is 241 g/mol. The Labute approximate surface area is 87.6 Å². The third kappa shape index (κ3) is 3.82. The summed E-state index contributed by atoms with van der Waals surface area (Å²) < 4.78 is 32.7. The first-order valence-electron chi connectivity index (χ1n) is 3.96. The largest absolute Gasteiger partial charge is 0.397 e. The summed E-state index contributed by atoms with van der Waals surface area (Å²) in [7, 11) is -4.40. The Morgan fingerprint density at radius 2 is 2.29 bits per heavy atom. The first-order valence-corrected chi connectivity index (χ1v) is 5.84. The monoisotopic (exact) mass is 241 g/mol. The molecule has 1 saturated heterocycles. The molecule has 1 amide bonds. The van der Waals surface area contributed by atoms with Crippen LogP contribution >= 0.6 is 12.6 Å². The van der Waals surface area contributed by atoms with Gasteiger partial charge >= 0.3 is 10.4 Å². The van der Waals surface area contributed by atoms with Gasteiger partial charge in [-0.2, -0.15) is 21.0 Å². The minimum Gasteiger partial charge on any atom is -0.339 e. The van der Waals surface area contributed by atoms with Crippen LogP contribution in [0.25, 0.3) is 0 Å². The van der Waals surface area contributed by atoms with Crippen LogP contribution in [-0.2, 0) is 19.4 Å². The van der Waals surface area contributed by atoms with Gasteiger partial charge in [-0.05, 0) is 0 Å². The summed E-state index contributed by atoms with van der Waals surface area (Å²) in [4.78, 5) is 12.6. The molecule has 1 unspecified atom stereocenters. The van der Waals surface area contributed by atoms with E-state index in [0.29, 0.717) is 13.0 Å². The highest BCUT2D eigenvalue weighted by atomic mass is 32.3. The van der Waals surface area contributed by atoms with Crippen molar-refractivity contribution in [1.29, 1.82) is 0 Å². The maximum atomic E-state index is 11.1. The van der Waals surface area contributed by atoms with Crippen LogP contribution in [0.2, 0.25) is 0 Å². The molecule has 0 saturated carbocycles. The van der Waals surface area contributed by atoms with Gasteiger partial charge in [0.15, 0.2) is 0 Å². The molecule has 0 aromatic carbocycles. The summed E-state index contributed by atoms with van der Waals surface area (Å²) in [6, 6.07) is 0. The molecule has 0 aliphatic carbocycles. The third-order valence-corrected chi connectivity index (χ3v) is 2.60. The number of thiol groups is 1. The van der Waals surface area contributed by atoms with Crippen molar-refractivity contribution in [1.82, 2.24) is 4.90 Å². The minimum absolute atomic E-state index is 0.00627. The van der Waals surface area contributed by atoms with E-state index in [1.54, 1.807) is 0 Å². The lowest BCUT2D eigenvalue weighted by molar-refractivity contribution is -0.128. The molecule has 8 heteroatoms. The highest BCUT2D eigenvalue weighted by molar-refractivity contribution is 7.81. The quantitative estimate of drug-likeness (QED) is 0.504. The minimum atomic E-state index is -4.40. The highest BCUT2D eigenvalue weighted by Gasteiger charge is 2.26. The summed E-state index contributed by atoms with van der Waals surface area (Å²) in [6.45, 7) is 0.400. The average Bonchev–Trinajstić information content (AvgIpc) is 2.27. The molecule has 14 heavy (non-hydrogen) atoms. The Morgan fingerprint density at radius 3 is 2.71 bits per heavy atom. The topological polar surface area (TPSA) is 83.9 Å². The van der Waals surface area contributed by atoms with Gasteiger partial charge in [0, 0.05) is 24.8 Å². The van der Waals surface area contributed by atoms with Gasteiger partial charge < -0.3 is 4.90 Å². The van der Waals surface area contributed by atoms with E-state index >= 15 is 0 Å². The van der Waals surface area contributed by atoms with Crippen molar-refractivity contribution in [2.75, 3.05) is 19.7 Å². The van der Waals surface area contributed by atoms with Gasteiger partial charge in [-0.25, -0.2) is 4.18 Å². The smallest absolute Gasteiger partial charge is 0.339 e. The first kappa shape index (κ1) is 11.8. The van der Waals surface area contributed by atoms with E-state index < -0.39 is 10.4 Å². The number of likely N-dealkylation sites (tertiary alicyclic amines) is 1. The van der Waals surface area contributed by atoms with Crippen molar-refractivity contribution in [3.8, 4) is 0 Å². The van der Waals surface area contributed by atoms with Crippen LogP contribution in [0.5, 0.6) is 0 Å². The van der Waals surface area contributed by atoms with Crippen molar-refractivity contribution in [2.24, 2.45) is 0 Å². The molecule has 1 rings (SSSR count). The van der Waals surface area contributed by atoms with Crippen LogP contribution < -0.4 is 0 Å². The SMILES string of the molecule is O=C1CC(S)CN1CCOS(=O)(=O)O. The molecule has 1 fully saturated rings. The number of nitrogens with zero attached hydrogens (tertiary/aromatic N) is 1. The molecule has 1 atom stereocenters. The predicted molar refractivity (Wildman–Crippen MR) is 51.5 cm³/mol. The molecule has 1 heterocycles. The van der Waals surface area contributed by atoms with E-state index in [-0.39, 0.29) is 24.3 Å². The number of rotatable bonds is 4. The zero-order valence-corrected chi connectivity index (χ0v) is 9.00. The molecule has 1 aliphatic heterocycles. The fraction of sp³-hybridized carbons (Fsp3) is 0.833. The van der Waals surface area contributed by atoms with Crippen LogP contribution in [0, 0.1) is 0 Å². The van der Waals surface area contributed by atoms with Gasteiger partial charge in [0.2, 0.25) is 5.91 Å². The van der Waals surface area contributed by atoms with Crippen LogP contribution in [0.3, 0.4) is 0 Å². The molecule has 0 bridgehead atoms. The summed E-state index contributed by atoms with van der Waals surface area (Å²) in [5, 5.41) is -0.00627. The second-order valence-electron chi connectivity index (χ2n) is 2.95. The second-order valence-corrected chi connectivity index (χ2v) is 4.77. The van der Waals surface area contributed by atoms with Gasteiger partial charge in [0.25, 0.3) is 0 Å². The van der Waals surface area contributed by atoms with Crippen LogP contribution in [0.4, 0.5) is 0 Å². The fourth-order valence-electron chi connectivity index (χ4n) is 1.22. The summed E-state index contributed by atoms with van der Waals surface area (Å²) in [6.07, 6.45) is 0.356. The van der Waals surface area contributed by atoms with E-state index in [0.717, 1.165) is 0 Å². The molecule has 1 aliphatic rings. The van der Waals surface area contributed by atoms with E-state index in [9.17, 15) is 13.2 Å². The van der Waals surface area contributed by atoms with Crippen LogP contribution in [0.1, 0.15) is 6.42 Å². The molecule has 0 aromatic heterocycles. The lowest BCUT2D eigenvalue weighted by atomic mass is 10.4. The maximum absolute atomic E-state index is 11.1. The number of hydrogen-bond donors (Lipinski definition) is 2. The number of carbonyl (C=O) groups excluding carboxylic acids is 1. The molecule has 0 radical (unpaired) electrons. The van der Waals surface area contributed by atoms with Gasteiger partial charge in [0.05, 0.1) is 6.61 Å². The zero-order valence-electron chi connectivity index (χ0n) is 7.29. The number of amides is 1. The summed E-state index contributed by atoms with van der Waals surface area (Å²) in [5.41, 5.74) is 0. The van der Waals surface area contributed by atoms with E-state index in [2.05, 4.69) is 16.8 Å². The molecule has 1 N–H and O–H groups in total. The van der Waals surface area contributed by atoms with Crippen molar-refractivity contribution < 1.29 is 21.9 Å². The molecular weight excluding hydrogens is 230 g/mol. The van der Waals surface area contributed by atoms with E-state index in [1.807, 2.05) is 0 Å². The second kappa shape index (κ2) is 4.47. The Hall–Kier alpha value is -0.310. The molecule has 0 spiro atoms. The Morgan fingerprint density at radius 1 is 1.64 bits per heavy atom. The van der Waals surface area contributed by atoms with E-state index in [1.165, 1.54) is 4.90 Å². The van der Waals surface area contributed by atoms with Crippen LogP contribution in [-0.4, -0.2) is 48.7 Å². The molecule has 82 valence electrons. The first-order chi connectivity index (χ1) is 6.38. The molecular formula is C6H11NO5S2. The van der Waals surface area contributed by atoms with Crippen LogP contribution in [0.15, 0.2) is 0 Å². The Kier molecular flexibility index (Phi) is 3.76.